The molecule has 1 aliphatic rings. The Bertz CT molecular complexity index is 446. The summed E-state index contributed by atoms with van der Waals surface area (Å²) >= 11 is 0. The van der Waals surface area contributed by atoms with Gasteiger partial charge in [-0.25, -0.2) is 8.78 Å². The molecule has 2 unspecified atom stereocenters. The van der Waals surface area contributed by atoms with E-state index < -0.39 is 17.3 Å². The third-order valence-electron chi connectivity index (χ3n) is 3.93. The van der Waals surface area contributed by atoms with Crippen molar-refractivity contribution < 1.29 is 8.78 Å². The van der Waals surface area contributed by atoms with Crippen LogP contribution in [0.15, 0.2) is 18.2 Å². The molecule has 0 bridgehead atoms. The second-order valence-electron chi connectivity index (χ2n) is 5.98. The lowest BCUT2D eigenvalue weighted by molar-refractivity contribution is 0.0626. The van der Waals surface area contributed by atoms with Crippen molar-refractivity contribution in [2.24, 2.45) is 11.7 Å². The molecule has 1 saturated heterocycles. The minimum Gasteiger partial charge on any atom is -0.313 e. The molecule has 4 heteroatoms. The van der Waals surface area contributed by atoms with Gasteiger partial charge in [0.25, 0.3) is 0 Å². The van der Waals surface area contributed by atoms with Crippen LogP contribution in [0.3, 0.4) is 0 Å². The molecule has 0 amide bonds. The molecule has 0 radical (unpaired) electrons. The lowest BCUT2D eigenvalue weighted by Gasteiger charge is -2.42. The van der Waals surface area contributed by atoms with Gasteiger partial charge in [-0.05, 0) is 49.9 Å². The Kier molecular flexibility index (Phi) is 4.21. The Morgan fingerprint density at radius 3 is 2.74 bits per heavy atom. The molecule has 1 fully saturated rings. The van der Waals surface area contributed by atoms with Crippen LogP contribution in [0.25, 0.3) is 0 Å². The van der Waals surface area contributed by atoms with Gasteiger partial charge in [0.1, 0.15) is 0 Å². The maximum atomic E-state index is 13.2. The summed E-state index contributed by atoms with van der Waals surface area (Å²) in [6.45, 7) is 6.13. The second kappa shape index (κ2) is 5.55. The number of hydrogen-bond acceptors (Lipinski definition) is 2. The molecular weight excluding hydrogens is 246 g/mol. The lowest BCUT2D eigenvalue weighted by Crippen LogP contribution is -2.58. The van der Waals surface area contributed by atoms with E-state index in [1.807, 2.05) is 6.92 Å². The predicted octanol–water partition coefficient (Wildman–Crippen LogP) is 2.91. The standard InChI is InChI=1S/C15H22F2N2/c1-11-4-3-7-19(10-11)15(2,18)9-12-5-6-13(16)14(17)8-12/h5-6,8,11H,3-4,7,9-10,18H2,1-2H3. The van der Waals surface area contributed by atoms with E-state index in [1.165, 1.54) is 18.6 Å². The van der Waals surface area contributed by atoms with Crippen molar-refractivity contribution in [2.75, 3.05) is 13.1 Å². The number of nitrogens with two attached hydrogens (primary N) is 1. The summed E-state index contributed by atoms with van der Waals surface area (Å²) < 4.78 is 26.2. The molecule has 19 heavy (non-hydrogen) atoms. The molecule has 0 aliphatic carbocycles. The van der Waals surface area contributed by atoms with Crippen molar-refractivity contribution >= 4 is 0 Å². The van der Waals surface area contributed by atoms with E-state index in [2.05, 4.69) is 11.8 Å². The number of halogens is 2. The third-order valence-corrected chi connectivity index (χ3v) is 3.93. The Morgan fingerprint density at radius 2 is 2.11 bits per heavy atom. The molecule has 2 N–H and O–H groups in total. The Labute approximate surface area is 113 Å². The van der Waals surface area contributed by atoms with Gasteiger partial charge in [0.15, 0.2) is 11.6 Å². The van der Waals surface area contributed by atoms with Gasteiger partial charge >= 0.3 is 0 Å². The first-order valence-corrected chi connectivity index (χ1v) is 6.86. The number of piperidine rings is 1. The predicted molar refractivity (Wildman–Crippen MR) is 72.6 cm³/mol. The average molecular weight is 268 g/mol. The fourth-order valence-corrected chi connectivity index (χ4v) is 2.83. The van der Waals surface area contributed by atoms with Crippen LogP contribution in [0, 0.1) is 17.6 Å². The molecule has 1 aromatic carbocycles. The maximum Gasteiger partial charge on any atom is 0.159 e. The molecule has 1 aromatic rings. The fourth-order valence-electron chi connectivity index (χ4n) is 2.83. The second-order valence-corrected chi connectivity index (χ2v) is 5.98. The molecule has 106 valence electrons. The van der Waals surface area contributed by atoms with Gasteiger partial charge in [-0.1, -0.05) is 13.0 Å². The van der Waals surface area contributed by atoms with E-state index in [9.17, 15) is 8.78 Å². The van der Waals surface area contributed by atoms with Crippen molar-refractivity contribution in [2.45, 2.75) is 38.8 Å². The minimum atomic E-state index is -0.811. The summed E-state index contributed by atoms with van der Waals surface area (Å²) in [5.74, 6) is -0.976. The van der Waals surface area contributed by atoms with Gasteiger partial charge in [0.2, 0.25) is 0 Å². The van der Waals surface area contributed by atoms with E-state index in [1.54, 1.807) is 6.07 Å². The van der Waals surface area contributed by atoms with Crippen LogP contribution in [-0.4, -0.2) is 23.7 Å². The fraction of sp³-hybridized carbons (Fsp3) is 0.600. The minimum absolute atomic E-state index is 0.515. The molecular formula is C15H22F2N2. The largest absolute Gasteiger partial charge is 0.313 e. The molecule has 0 aromatic heterocycles. The topological polar surface area (TPSA) is 29.3 Å². The third kappa shape index (κ3) is 3.51. The van der Waals surface area contributed by atoms with Crippen molar-refractivity contribution in [1.29, 1.82) is 0 Å². The molecule has 1 heterocycles. The monoisotopic (exact) mass is 268 g/mol. The van der Waals surface area contributed by atoms with Gasteiger partial charge in [-0.3, -0.25) is 4.90 Å². The van der Waals surface area contributed by atoms with E-state index in [0.29, 0.717) is 12.3 Å². The van der Waals surface area contributed by atoms with Gasteiger partial charge in [0.05, 0.1) is 5.66 Å². The molecule has 2 nitrogen and oxygen atoms in total. The first kappa shape index (κ1) is 14.4. The summed E-state index contributed by atoms with van der Waals surface area (Å²) in [6.07, 6.45) is 2.90. The summed E-state index contributed by atoms with van der Waals surface area (Å²) in [5.41, 5.74) is 6.61. The lowest BCUT2D eigenvalue weighted by atomic mass is 9.94. The van der Waals surface area contributed by atoms with Gasteiger partial charge < -0.3 is 5.73 Å². The van der Waals surface area contributed by atoms with Crippen LogP contribution < -0.4 is 5.73 Å². The molecule has 1 aliphatic heterocycles. The SMILES string of the molecule is CC1CCCN(C(C)(N)Cc2ccc(F)c(F)c2)C1. The molecule has 0 spiro atoms. The number of likely N-dealkylation sites (tertiary alicyclic amines) is 1. The van der Waals surface area contributed by atoms with Crippen LogP contribution >= 0.6 is 0 Å². The quantitative estimate of drug-likeness (QED) is 0.913. The highest BCUT2D eigenvalue weighted by Gasteiger charge is 2.30. The normalized spacial score (nSPS) is 24.2. The van der Waals surface area contributed by atoms with Crippen molar-refractivity contribution in [1.82, 2.24) is 4.90 Å². The highest BCUT2D eigenvalue weighted by atomic mass is 19.2. The summed E-state index contributed by atoms with van der Waals surface area (Å²) in [7, 11) is 0. The van der Waals surface area contributed by atoms with Crippen LogP contribution in [0.5, 0.6) is 0 Å². The zero-order chi connectivity index (χ0) is 14.0. The number of hydrogen-bond donors (Lipinski definition) is 1. The Morgan fingerprint density at radius 1 is 1.37 bits per heavy atom. The highest BCUT2D eigenvalue weighted by Crippen LogP contribution is 2.24. The average Bonchev–Trinajstić information content (AvgIpc) is 2.33. The highest BCUT2D eigenvalue weighted by molar-refractivity contribution is 5.20. The van der Waals surface area contributed by atoms with Crippen LogP contribution in [0.1, 0.15) is 32.3 Å². The first-order valence-electron chi connectivity index (χ1n) is 6.86. The maximum absolute atomic E-state index is 13.2. The van der Waals surface area contributed by atoms with E-state index in [4.69, 9.17) is 5.73 Å². The zero-order valence-electron chi connectivity index (χ0n) is 11.6. The summed E-state index contributed by atoms with van der Waals surface area (Å²) in [5, 5.41) is 0. The summed E-state index contributed by atoms with van der Waals surface area (Å²) in [4.78, 5) is 2.25. The van der Waals surface area contributed by atoms with Crippen LogP contribution in [-0.2, 0) is 6.42 Å². The Balaban J connectivity index is 2.09. The van der Waals surface area contributed by atoms with Gasteiger partial charge in [-0.15, -0.1) is 0 Å². The zero-order valence-corrected chi connectivity index (χ0v) is 11.6. The van der Waals surface area contributed by atoms with E-state index in [0.717, 1.165) is 25.1 Å². The van der Waals surface area contributed by atoms with Crippen molar-refractivity contribution in [3.63, 3.8) is 0 Å². The van der Waals surface area contributed by atoms with Crippen molar-refractivity contribution in [3.8, 4) is 0 Å². The smallest absolute Gasteiger partial charge is 0.159 e. The van der Waals surface area contributed by atoms with Gasteiger partial charge in [0, 0.05) is 13.0 Å². The molecule has 0 saturated carbocycles. The van der Waals surface area contributed by atoms with Crippen LogP contribution in [0.4, 0.5) is 8.78 Å². The van der Waals surface area contributed by atoms with Crippen LogP contribution in [0.2, 0.25) is 0 Å². The number of nitrogens with zero attached hydrogens (tertiary/aromatic N) is 1. The van der Waals surface area contributed by atoms with Crippen molar-refractivity contribution in [3.05, 3.63) is 35.4 Å². The molecule has 2 atom stereocenters. The number of rotatable bonds is 3. The van der Waals surface area contributed by atoms with E-state index >= 15 is 0 Å². The molecule has 2 rings (SSSR count). The van der Waals surface area contributed by atoms with E-state index in [-0.39, 0.29) is 0 Å². The first-order chi connectivity index (χ1) is 8.88. The van der Waals surface area contributed by atoms with Gasteiger partial charge in [-0.2, -0.15) is 0 Å². The summed E-state index contributed by atoms with van der Waals surface area (Å²) in [6, 6.07) is 4.02. The number of benzene rings is 1. The Hall–Kier alpha value is -1.00.